The average Bonchev–Trinajstić information content (AvgIpc) is 3.04. The standard InChI is InChI=1S/C16H21N5O/c1-10-15(11(2)20(4)19-10)14-6-5-9-21(14)16(22)13-7-8-17-12(3)18-13/h7-8,14H,5-6,9H2,1-4H3/t14-/m1/s1. The number of rotatable bonds is 2. The van der Waals surface area contributed by atoms with Gasteiger partial charge in [-0.1, -0.05) is 0 Å². The molecule has 0 aliphatic carbocycles. The van der Waals surface area contributed by atoms with Gasteiger partial charge in [0.25, 0.3) is 5.91 Å². The van der Waals surface area contributed by atoms with E-state index in [0.717, 1.165) is 30.8 Å². The number of carbonyl (C=O) groups is 1. The maximum absolute atomic E-state index is 12.8. The van der Waals surface area contributed by atoms with Crippen molar-refractivity contribution in [3.63, 3.8) is 0 Å². The summed E-state index contributed by atoms with van der Waals surface area (Å²) in [4.78, 5) is 23.1. The van der Waals surface area contributed by atoms with E-state index in [9.17, 15) is 4.79 Å². The molecule has 3 heterocycles. The van der Waals surface area contributed by atoms with Gasteiger partial charge in [0, 0.05) is 31.0 Å². The summed E-state index contributed by atoms with van der Waals surface area (Å²) in [5.74, 6) is 0.603. The quantitative estimate of drug-likeness (QED) is 0.852. The fourth-order valence-corrected chi connectivity index (χ4v) is 3.30. The molecule has 0 N–H and O–H groups in total. The Bertz CT molecular complexity index is 721. The minimum atomic E-state index is -0.0179. The summed E-state index contributed by atoms with van der Waals surface area (Å²) in [6.07, 6.45) is 3.62. The van der Waals surface area contributed by atoms with Gasteiger partial charge in [-0.15, -0.1) is 0 Å². The van der Waals surface area contributed by atoms with Crippen LogP contribution in [0.25, 0.3) is 0 Å². The Morgan fingerprint density at radius 1 is 1.32 bits per heavy atom. The van der Waals surface area contributed by atoms with Gasteiger partial charge in [-0.3, -0.25) is 9.48 Å². The second-order valence-electron chi connectivity index (χ2n) is 5.85. The number of aryl methyl sites for hydroxylation is 3. The largest absolute Gasteiger partial charge is 0.330 e. The first kappa shape index (κ1) is 14.7. The van der Waals surface area contributed by atoms with Crippen LogP contribution in [0.4, 0.5) is 0 Å². The molecule has 3 rings (SSSR count). The normalized spacial score (nSPS) is 18.0. The summed E-state index contributed by atoms with van der Waals surface area (Å²) >= 11 is 0. The number of amides is 1. The van der Waals surface area contributed by atoms with Gasteiger partial charge in [0.05, 0.1) is 11.7 Å². The van der Waals surface area contributed by atoms with Crippen LogP contribution in [0.2, 0.25) is 0 Å². The molecule has 22 heavy (non-hydrogen) atoms. The van der Waals surface area contributed by atoms with E-state index in [0.29, 0.717) is 11.5 Å². The summed E-state index contributed by atoms with van der Waals surface area (Å²) < 4.78 is 1.89. The number of likely N-dealkylation sites (tertiary alicyclic amines) is 1. The van der Waals surface area contributed by atoms with Crippen molar-refractivity contribution in [2.24, 2.45) is 7.05 Å². The second-order valence-corrected chi connectivity index (χ2v) is 5.85. The molecular weight excluding hydrogens is 278 g/mol. The lowest BCUT2D eigenvalue weighted by molar-refractivity contribution is 0.0728. The van der Waals surface area contributed by atoms with Crippen molar-refractivity contribution in [3.05, 3.63) is 40.7 Å². The predicted octanol–water partition coefficient (Wildman–Crippen LogP) is 2.11. The lowest BCUT2D eigenvalue weighted by Crippen LogP contribution is -2.31. The van der Waals surface area contributed by atoms with Gasteiger partial charge in [0.15, 0.2) is 0 Å². The first-order chi connectivity index (χ1) is 10.5. The van der Waals surface area contributed by atoms with Crippen LogP contribution in [-0.2, 0) is 7.05 Å². The molecule has 1 atom stereocenters. The highest BCUT2D eigenvalue weighted by Crippen LogP contribution is 2.36. The third-order valence-corrected chi connectivity index (χ3v) is 4.41. The molecule has 116 valence electrons. The zero-order valence-electron chi connectivity index (χ0n) is 13.5. The Kier molecular flexibility index (Phi) is 3.68. The minimum Gasteiger partial charge on any atom is -0.330 e. The van der Waals surface area contributed by atoms with Crippen LogP contribution in [0.3, 0.4) is 0 Å². The molecule has 2 aromatic heterocycles. The summed E-state index contributed by atoms with van der Waals surface area (Å²) in [6, 6.07) is 1.78. The molecule has 0 radical (unpaired) electrons. The topological polar surface area (TPSA) is 63.9 Å². The van der Waals surface area contributed by atoms with Gasteiger partial charge >= 0.3 is 0 Å². The second kappa shape index (κ2) is 5.51. The molecule has 1 saturated heterocycles. The van der Waals surface area contributed by atoms with Crippen LogP contribution in [0.5, 0.6) is 0 Å². The Morgan fingerprint density at radius 2 is 2.09 bits per heavy atom. The molecular formula is C16H21N5O. The van der Waals surface area contributed by atoms with E-state index in [1.807, 2.05) is 23.6 Å². The van der Waals surface area contributed by atoms with E-state index in [4.69, 9.17) is 0 Å². The van der Waals surface area contributed by atoms with Crippen molar-refractivity contribution < 1.29 is 4.79 Å². The molecule has 1 fully saturated rings. The van der Waals surface area contributed by atoms with E-state index >= 15 is 0 Å². The molecule has 6 nitrogen and oxygen atoms in total. The van der Waals surface area contributed by atoms with E-state index in [-0.39, 0.29) is 11.9 Å². The molecule has 0 aromatic carbocycles. The molecule has 0 saturated carbocycles. The van der Waals surface area contributed by atoms with Crippen LogP contribution in [0, 0.1) is 20.8 Å². The van der Waals surface area contributed by atoms with Crippen LogP contribution in [0.1, 0.15) is 52.1 Å². The third kappa shape index (κ3) is 2.38. The SMILES string of the molecule is Cc1nccc(C(=O)N2CCC[C@@H]2c2c(C)nn(C)c2C)n1. The Balaban J connectivity index is 1.95. The highest BCUT2D eigenvalue weighted by atomic mass is 16.2. The van der Waals surface area contributed by atoms with E-state index in [2.05, 4.69) is 22.0 Å². The average molecular weight is 299 g/mol. The maximum Gasteiger partial charge on any atom is 0.273 e. The van der Waals surface area contributed by atoms with Gasteiger partial charge in [0.2, 0.25) is 0 Å². The first-order valence-electron chi connectivity index (χ1n) is 7.59. The molecule has 1 aliphatic heterocycles. The van der Waals surface area contributed by atoms with Gasteiger partial charge in [0.1, 0.15) is 11.5 Å². The zero-order chi connectivity index (χ0) is 15.9. The van der Waals surface area contributed by atoms with Crippen LogP contribution in [0.15, 0.2) is 12.3 Å². The van der Waals surface area contributed by atoms with Crippen molar-refractivity contribution in [3.8, 4) is 0 Å². The number of hydrogen-bond acceptors (Lipinski definition) is 4. The fraction of sp³-hybridized carbons (Fsp3) is 0.500. The van der Waals surface area contributed by atoms with Gasteiger partial charge in [-0.2, -0.15) is 5.10 Å². The summed E-state index contributed by atoms with van der Waals surface area (Å²) in [7, 11) is 1.95. The number of nitrogens with zero attached hydrogens (tertiary/aromatic N) is 5. The predicted molar refractivity (Wildman–Crippen MR) is 82.5 cm³/mol. The van der Waals surface area contributed by atoms with Crippen LogP contribution < -0.4 is 0 Å². The molecule has 6 heteroatoms. The van der Waals surface area contributed by atoms with E-state index in [1.165, 1.54) is 5.56 Å². The Labute approximate surface area is 130 Å². The van der Waals surface area contributed by atoms with Crippen molar-refractivity contribution in [2.75, 3.05) is 6.54 Å². The lowest BCUT2D eigenvalue weighted by atomic mass is 10.0. The summed E-state index contributed by atoms with van der Waals surface area (Å²) in [6.45, 7) is 6.64. The highest BCUT2D eigenvalue weighted by Gasteiger charge is 2.34. The monoisotopic (exact) mass is 299 g/mol. The van der Waals surface area contributed by atoms with Crippen molar-refractivity contribution >= 4 is 5.91 Å². The van der Waals surface area contributed by atoms with E-state index in [1.54, 1.807) is 19.2 Å². The molecule has 0 bridgehead atoms. The molecule has 0 spiro atoms. The number of aromatic nitrogens is 4. The van der Waals surface area contributed by atoms with Gasteiger partial charge in [-0.25, -0.2) is 9.97 Å². The number of hydrogen-bond donors (Lipinski definition) is 0. The summed E-state index contributed by atoms with van der Waals surface area (Å²) in [5, 5.41) is 4.49. The van der Waals surface area contributed by atoms with Crippen molar-refractivity contribution in [2.45, 2.75) is 39.7 Å². The highest BCUT2D eigenvalue weighted by molar-refractivity contribution is 5.92. The van der Waals surface area contributed by atoms with E-state index < -0.39 is 0 Å². The fourth-order valence-electron chi connectivity index (χ4n) is 3.30. The lowest BCUT2D eigenvalue weighted by Gasteiger charge is -2.25. The zero-order valence-corrected chi connectivity index (χ0v) is 13.5. The van der Waals surface area contributed by atoms with Crippen molar-refractivity contribution in [1.29, 1.82) is 0 Å². The smallest absolute Gasteiger partial charge is 0.273 e. The minimum absolute atomic E-state index is 0.0179. The summed E-state index contributed by atoms with van der Waals surface area (Å²) in [5.41, 5.74) is 3.78. The van der Waals surface area contributed by atoms with Crippen molar-refractivity contribution in [1.82, 2.24) is 24.6 Å². The van der Waals surface area contributed by atoms with Crippen LogP contribution >= 0.6 is 0 Å². The Morgan fingerprint density at radius 3 is 2.73 bits per heavy atom. The van der Waals surface area contributed by atoms with Gasteiger partial charge < -0.3 is 4.90 Å². The molecule has 2 aromatic rings. The Hall–Kier alpha value is -2.24. The maximum atomic E-state index is 12.8. The molecule has 1 aliphatic rings. The number of carbonyl (C=O) groups excluding carboxylic acids is 1. The van der Waals surface area contributed by atoms with Crippen LogP contribution in [-0.4, -0.2) is 37.1 Å². The molecule has 1 amide bonds. The first-order valence-corrected chi connectivity index (χ1v) is 7.59. The molecule has 0 unspecified atom stereocenters. The third-order valence-electron chi connectivity index (χ3n) is 4.41. The van der Waals surface area contributed by atoms with Gasteiger partial charge in [-0.05, 0) is 39.7 Å².